The van der Waals surface area contributed by atoms with Crippen molar-refractivity contribution in [1.82, 2.24) is 0 Å². The third kappa shape index (κ3) is 3.64. The molecule has 0 aliphatic rings. The molecule has 0 aliphatic heterocycles. The molecule has 0 aliphatic carbocycles. The second-order valence-corrected chi connectivity index (χ2v) is 5.99. The Hall–Kier alpha value is -3.87. The van der Waals surface area contributed by atoms with Crippen LogP contribution in [-0.2, 0) is 14.3 Å². The number of hydrogen-bond donors (Lipinski definition) is 0. The highest BCUT2D eigenvalue weighted by Gasteiger charge is 2.18. The fourth-order valence-electron chi connectivity index (χ4n) is 2.64. The van der Waals surface area contributed by atoms with Crippen LogP contribution in [0.15, 0.2) is 69.5 Å². The Labute approximate surface area is 158 Å². The van der Waals surface area contributed by atoms with Crippen molar-refractivity contribution in [2.75, 3.05) is 13.2 Å². The normalized spacial score (nSPS) is 10.9. The smallest absolute Gasteiger partial charge is 0.374 e. The van der Waals surface area contributed by atoms with Crippen LogP contribution in [0.5, 0.6) is 0 Å². The van der Waals surface area contributed by atoms with Crippen molar-refractivity contribution in [2.24, 2.45) is 0 Å². The zero-order valence-corrected chi connectivity index (χ0v) is 14.5. The van der Waals surface area contributed by atoms with Gasteiger partial charge in [-0.1, -0.05) is 36.4 Å². The molecule has 0 radical (unpaired) electrons. The van der Waals surface area contributed by atoms with Gasteiger partial charge in [0.05, 0.1) is 0 Å². The average molecular weight is 378 g/mol. The molecule has 0 N–H and O–H groups in total. The first-order chi connectivity index (χ1) is 13.6. The summed E-state index contributed by atoms with van der Waals surface area (Å²) in [7, 11) is 0. The Balaban J connectivity index is 1.29. The van der Waals surface area contributed by atoms with Gasteiger partial charge < -0.3 is 18.3 Å². The monoisotopic (exact) mass is 378 g/mol. The zero-order valence-electron chi connectivity index (χ0n) is 14.5. The summed E-state index contributed by atoms with van der Waals surface area (Å²) in [4.78, 5) is 35.8. The number of benzene rings is 2. The number of fused-ring (bicyclic) bond motifs is 2. The Kier molecular flexibility index (Phi) is 4.63. The molecule has 0 unspecified atom stereocenters. The summed E-state index contributed by atoms with van der Waals surface area (Å²) in [5.74, 6) is -2.13. The zero-order chi connectivity index (χ0) is 19.5. The fourth-order valence-corrected chi connectivity index (χ4v) is 2.64. The first-order valence-corrected chi connectivity index (χ1v) is 8.43. The number of furan rings is 2. The lowest BCUT2D eigenvalue weighted by atomic mass is 10.2. The van der Waals surface area contributed by atoms with Crippen molar-refractivity contribution >= 4 is 39.7 Å². The number of ketones is 1. The van der Waals surface area contributed by atoms with Crippen molar-refractivity contribution in [2.45, 2.75) is 0 Å². The van der Waals surface area contributed by atoms with E-state index in [2.05, 4.69) is 0 Å². The van der Waals surface area contributed by atoms with Crippen LogP contribution >= 0.6 is 0 Å². The van der Waals surface area contributed by atoms with E-state index >= 15 is 0 Å². The van der Waals surface area contributed by atoms with Gasteiger partial charge in [0.25, 0.3) is 0 Å². The summed E-state index contributed by atoms with van der Waals surface area (Å²) in [6, 6.07) is 17.3. The third-order valence-electron chi connectivity index (χ3n) is 3.98. The molecule has 2 aromatic heterocycles. The lowest BCUT2D eigenvalue weighted by molar-refractivity contribution is -0.125. The highest BCUT2D eigenvalue weighted by atomic mass is 16.6. The molecule has 0 fully saturated rings. The number of hydrogen-bond acceptors (Lipinski definition) is 7. The van der Waals surface area contributed by atoms with Gasteiger partial charge in [-0.15, -0.1) is 0 Å². The van der Waals surface area contributed by atoms with Gasteiger partial charge in [0.15, 0.2) is 13.2 Å². The minimum atomic E-state index is -0.770. The minimum absolute atomic E-state index is 0.00623. The number of para-hydroxylation sites is 2. The van der Waals surface area contributed by atoms with Gasteiger partial charge >= 0.3 is 11.9 Å². The lowest BCUT2D eigenvalue weighted by Crippen LogP contribution is -2.20. The predicted molar refractivity (Wildman–Crippen MR) is 98.0 cm³/mol. The van der Waals surface area contributed by atoms with Crippen molar-refractivity contribution in [1.29, 1.82) is 0 Å². The van der Waals surface area contributed by atoms with E-state index < -0.39 is 30.9 Å². The average Bonchev–Trinajstić information content (AvgIpc) is 3.34. The van der Waals surface area contributed by atoms with Crippen LogP contribution in [0, 0.1) is 0 Å². The minimum Gasteiger partial charge on any atom is -0.452 e. The summed E-state index contributed by atoms with van der Waals surface area (Å²) < 4.78 is 20.5. The van der Waals surface area contributed by atoms with Crippen LogP contribution < -0.4 is 0 Å². The lowest BCUT2D eigenvalue weighted by Gasteiger charge is -2.03. The van der Waals surface area contributed by atoms with Crippen LogP contribution in [0.3, 0.4) is 0 Å². The van der Waals surface area contributed by atoms with Crippen LogP contribution in [0.25, 0.3) is 21.9 Å². The molecule has 0 atom stereocenters. The van der Waals surface area contributed by atoms with Gasteiger partial charge in [0.2, 0.25) is 17.3 Å². The van der Waals surface area contributed by atoms with E-state index in [-0.39, 0.29) is 11.5 Å². The molecule has 7 nitrogen and oxygen atoms in total. The van der Waals surface area contributed by atoms with Crippen molar-refractivity contribution in [3.05, 3.63) is 72.2 Å². The molecule has 4 rings (SSSR count). The van der Waals surface area contributed by atoms with E-state index in [4.69, 9.17) is 18.3 Å². The van der Waals surface area contributed by atoms with Crippen molar-refractivity contribution in [3.8, 4) is 0 Å². The van der Waals surface area contributed by atoms with Gasteiger partial charge in [0, 0.05) is 10.8 Å². The van der Waals surface area contributed by atoms with Crippen LogP contribution in [-0.4, -0.2) is 30.9 Å². The highest BCUT2D eigenvalue weighted by Crippen LogP contribution is 2.20. The number of rotatable bonds is 6. The largest absolute Gasteiger partial charge is 0.452 e. The van der Waals surface area contributed by atoms with Crippen LogP contribution in [0.2, 0.25) is 0 Å². The number of Topliss-reactive ketones (excluding diaryl/α,β-unsaturated/α-hetero) is 1. The molecule has 0 spiro atoms. The number of carbonyl (C=O) groups is 3. The van der Waals surface area contributed by atoms with E-state index in [9.17, 15) is 14.4 Å². The summed E-state index contributed by atoms with van der Waals surface area (Å²) in [6.07, 6.45) is 0. The standard InChI is InChI=1S/C21H14O7/c22-15(11-25-20(23)18-9-13-5-1-3-7-16(13)27-18)12-26-21(24)19-10-14-6-2-4-8-17(14)28-19/h1-10H,11-12H2. The Bertz CT molecular complexity index is 1020. The first kappa shape index (κ1) is 17.5. The summed E-state index contributed by atoms with van der Waals surface area (Å²) >= 11 is 0. The Morgan fingerprint density at radius 1 is 0.679 bits per heavy atom. The second kappa shape index (κ2) is 7.40. The third-order valence-corrected chi connectivity index (χ3v) is 3.98. The number of esters is 2. The molecule has 0 amide bonds. The predicted octanol–water partition coefficient (Wildman–Crippen LogP) is 3.76. The van der Waals surface area contributed by atoms with Gasteiger partial charge in [-0.05, 0) is 24.3 Å². The van der Waals surface area contributed by atoms with E-state index in [0.717, 1.165) is 10.8 Å². The van der Waals surface area contributed by atoms with E-state index in [1.165, 1.54) is 12.1 Å². The molecule has 140 valence electrons. The second-order valence-electron chi connectivity index (χ2n) is 5.99. The Morgan fingerprint density at radius 2 is 1.11 bits per heavy atom. The number of carbonyl (C=O) groups excluding carboxylic acids is 3. The van der Waals surface area contributed by atoms with Gasteiger partial charge in [0.1, 0.15) is 11.2 Å². The SMILES string of the molecule is O=C(COC(=O)c1cc2ccccc2o1)COC(=O)c1cc2ccccc2o1. The molecule has 2 aromatic carbocycles. The van der Waals surface area contributed by atoms with E-state index in [0.29, 0.717) is 11.2 Å². The highest BCUT2D eigenvalue weighted by molar-refractivity contribution is 5.95. The van der Waals surface area contributed by atoms with E-state index in [1.54, 1.807) is 36.4 Å². The molecule has 0 saturated carbocycles. The van der Waals surface area contributed by atoms with E-state index in [1.807, 2.05) is 12.1 Å². The maximum Gasteiger partial charge on any atom is 0.374 e. The maximum atomic E-state index is 12.0. The maximum absolute atomic E-state index is 12.0. The molecular weight excluding hydrogens is 364 g/mol. The summed E-state index contributed by atoms with van der Waals surface area (Å²) in [5.41, 5.74) is 1.08. The quantitative estimate of drug-likeness (QED) is 0.471. The van der Waals surface area contributed by atoms with Gasteiger partial charge in [-0.3, -0.25) is 4.79 Å². The molecule has 2 heterocycles. The molecule has 7 heteroatoms. The van der Waals surface area contributed by atoms with Gasteiger partial charge in [-0.2, -0.15) is 0 Å². The van der Waals surface area contributed by atoms with Gasteiger partial charge in [-0.25, -0.2) is 9.59 Å². The fraction of sp³-hybridized carbons (Fsp3) is 0.0952. The Morgan fingerprint density at radius 3 is 1.54 bits per heavy atom. The first-order valence-electron chi connectivity index (χ1n) is 8.43. The summed E-state index contributed by atoms with van der Waals surface area (Å²) in [6.45, 7) is -1.08. The molecule has 0 bridgehead atoms. The van der Waals surface area contributed by atoms with Crippen LogP contribution in [0.1, 0.15) is 21.1 Å². The topological polar surface area (TPSA) is 96.0 Å². The molecule has 28 heavy (non-hydrogen) atoms. The van der Waals surface area contributed by atoms with Crippen LogP contribution in [0.4, 0.5) is 0 Å². The summed E-state index contributed by atoms with van der Waals surface area (Å²) in [5, 5.41) is 1.50. The number of ether oxygens (including phenoxy) is 2. The molecular formula is C21H14O7. The van der Waals surface area contributed by atoms with Crippen molar-refractivity contribution < 1.29 is 32.7 Å². The molecule has 0 saturated heterocycles. The van der Waals surface area contributed by atoms with Crippen molar-refractivity contribution in [3.63, 3.8) is 0 Å². The molecule has 4 aromatic rings.